The number of benzene rings is 1. The molecular weight excluding hydrogens is 316 g/mol. The first-order valence-corrected chi connectivity index (χ1v) is 9.60. The first-order valence-electron chi connectivity index (χ1n) is 9.60. The second kappa shape index (κ2) is 7.24. The second-order valence-electron chi connectivity index (χ2n) is 7.53. The van der Waals surface area contributed by atoms with Gasteiger partial charge in [0, 0.05) is 19.1 Å². The minimum Gasteiger partial charge on any atom is -0.454 e. The third kappa shape index (κ3) is 3.47. The van der Waals surface area contributed by atoms with Gasteiger partial charge < -0.3 is 14.4 Å². The Morgan fingerprint density at radius 2 is 1.88 bits per heavy atom. The van der Waals surface area contributed by atoms with Crippen molar-refractivity contribution in [3.8, 4) is 11.5 Å². The van der Waals surface area contributed by atoms with E-state index in [0.717, 1.165) is 23.5 Å². The van der Waals surface area contributed by atoms with Crippen LogP contribution in [0.15, 0.2) is 18.2 Å². The molecule has 5 nitrogen and oxygen atoms in total. The molecule has 1 saturated heterocycles. The molecule has 0 aromatic heterocycles. The molecule has 0 radical (unpaired) electrons. The van der Waals surface area contributed by atoms with Crippen LogP contribution in [-0.2, 0) is 11.2 Å². The molecule has 1 aromatic carbocycles. The van der Waals surface area contributed by atoms with Gasteiger partial charge in [-0.05, 0) is 56.5 Å². The van der Waals surface area contributed by atoms with Gasteiger partial charge in [-0.1, -0.05) is 18.9 Å². The predicted octanol–water partition coefficient (Wildman–Crippen LogP) is 2.82. The van der Waals surface area contributed by atoms with Gasteiger partial charge >= 0.3 is 0 Å². The largest absolute Gasteiger partial charge is 0.454 e. The van der Waals surface area contributed by atoms with E-state index in [9.17, 15) is 4.79 Å². The van der Waals surface area contributed by atoms with Crippen LogP contribution in [-0.4, -0.2) is 54.7 Å². The highest BCUT2D eigenvalue weighted by molar-refractivity contribution is 5.79. The van der Waals surface area contributed by atoms with Crippen molar-refractivity contribution in [3.63, 3.8) is 0 Å². The van der Waals surface area contributed by atoms with Gasteiger partial charge in [0.2, 0.25) is 12.7 Å². The molecule has 1 saturated carbocycles. The summed E-state index contributed by atoms with van der Waals surface area (Å²) in [5.41, 5.74) is 0.995. The fourth-order valence-electron chi connectivity index (χ4n) is 4.58. The lowest BCUT2D eigenvalue weighted by Gasteiger charge is -2.42. The standard InChI is InChI=1S/C20H28N2O3/c1-21(16-6-2-3-7-17(16)22-10-4-5-11-22)20(23)13-15-8-9-18-19(12-15)25-14-24-18/h8-9,12,16-17H,2-7,10-11,13-14H2,1H3/t16?,17-/m1/s1. The van der Waals surface area contributed by atoms with Gasteiger partial charge in [0.1, 0.15) is 0 Å². The van der Waals surface area contributed by atoms with E-state index >= 15 is 0 Å². The number of likely N-dealkylation sites (tertiary alicyclic amines) is 1. The summed E-state index contributed by atoms with van der Waals surface area (Å²) in [5.74, 6) is 1.72. The van der Waals surface area contributed by atoms with Crippen molar-refractivity contribution in [2.75, 3.05) is 26.9 Å². The molecule has 1 amide bonds. The van der Waals surface area contributed by atoms with Gasteiger partial charge in [0.05, 0.1) is 6.42 Å². The summed E-state index contributed by atoms with van der Waals surface area (Å²) >= 11 is 0. The van der Waals surface area contributed by atoms with Crippen molar-refractivity contribution in [1.29, 1.82) is 0 Å². The van der Waals surface area contributed by atoms with Crippen LogP contribution in [0.4, 0.5) is 0 Å². The van der Waals surface area contributed by atoms with Crippen LogP contribution < -0.4 is 9.47 Å². The Bertz CT molecular complexity index is 627. The maximum Gasteiger partial charge on any atom is 0.231 e. The molecule has 0 bridgehead atoms. The van der Waals surface area contributed by atoms with E-state index < -0.39 is 0 Å². The van der Waals surface area contributed by atoms with Crippen molar-refractivity contribution in [2.24, 2.45) is 0 Å². The number of carbonyl (C=O) groups excluding carboxylic acids is 1. The highest BCUT2D eigenvalue weighted by atomic mass is 16.7. The van der Waals surface area contributed by atoms with E-state index in [4.69, 9.17) is 9.47 Å². The molecule has 4 rings (SSSR count). The Morgan fingerprint density at radius 1 is 1.12 bits per heavy atom. The van der Waals surface area contributed by atoms with Gasteiger partial charge in [0.15, 0.2) is 11.5 Å². The zero-order valence-electron chi connectivity index (χ0n) is 15.1. The number of nitrogens with zero attached hydrogens (tertiary/aromatic N) is 2. The van der Waals surface area contributed by atoms with E-state index in [1.807, 2.05) is 30.1 Å². The summed E-state index contributed by atoms with van der Waals surface area (Å²) < 4.78 is 10.8. The normalized spacial score (nSPS) is 26.0. The van der Waals surface area contributed by atoms with Gasteiger partial charge in [-0.3, -0.25) is 9.69 Å². The Morgan fingerprint density at radius 3 is 2.72 bits per heavy atom. The second-order valence-corrected chi connectivity index (χ2v) is 7.53. The number of amides is 1. The third-order valence-electron chi connectivity index (χ3n) is 5.99. The highest BCUT2D eigenvalue weighted by Crippen LogP contribution is 2.33. The number of hydrogen-bond donors (Lipinski definition) is 0. The van der Waals surface area contributed by atoms with Gasteiger partial charge in [0.25, 0.3) is 0 Å². The summed E-state index contributed by atoms with van der Waals surface area (Å²) in [4.78, 5) is 17.5. The van der Waals surface area contributed by atoms with Crippen LogP contribution in [0.25, 0.3) is 0 Å². The molecular formula is C20H28N2O3. The molecule has 136 valence electrons. The fraction of sp³-hybridized carbons (Fsp3) is 0.650. The molecule has 0 N–H and O–H groups in total. The molecule has 3 aliphatic rings. The van der Waals surface area contributed by atoms with E-state index in [1.54, 1.807) is 0 Å². The maximum absolute atomic E-state index is 12.9. The summed E-state index contributed by atoms with van der Waals surface area (Å²) in [7, 11) is 1.99. The molecule has 0 spiro atoms. The smallest absolute Gasteiger partial charge is 0.231 e. The molecule has 2 aliphatic heterocycles. The fourth-order valence-corrected chi connectivity index (χ4v) is 4.58. The number of carbonyl (C=O) groups is 1. The number of rotatable bonds is 4. The van der Waals surface area contributed by atoms with Crippen LogP contribution >= 0.6 is 0 Å². The van der Waals surface area contributed by atoms with Crippen molar-refractivity contribution in [3.05, 3.63) is 23.8 Å². The van der Waals surface area contributed by atoms with E-state index in [1.165, 1.54) is 45.2 Å². The average molecular weight is 344 g/mol. The Balaban J connectivity index is 1.43. The quantitative estimate of drug-likeness (QED) is 0.842. The minimum absolute atomic E-state index is 0.204. The van der Waals surface area contributed by atoms with Crippen molar-refractivity contribution in [2.45, 2.75) is 57.0 Å². The number of likely N-dealkylation sites (N-methyl/N-ethyl adjacent to an activating group) is 1. The topological polar surface area (TPSA) is 42.0 Å². The summed E-state index contributed by atoms with van der Waals surface area (Å²) in [5, 5.41) is 0. The van der Waals surface area contributed by atoms with Gasteiger partial charge in [-0.15, -0.1) is 0 Å². The maximum atomic E-state index is 12.9. The van der Waals surface area contributed by atoms with Crippen LogP contribution in [0.3, 0.4) is 0 Å². The van der Waals surface area contributed by atoms with Crippen molar-refractivity contribution < 1.29 is 14.3 Å². The summed E-state index contributed by atoms with van der Waals surface area (Å²) in [6.07, 6.45) is 7.92. The van der Waals surface area contributed by atoms with E-state index in [-0.39, 0.29) is 12.7 Å². The zero-order chi connectivity index (χ0) is 17.2. The van der Waals surface area contributed by atoms with E-state index in [2.05, 4.69) is 4.90 Å². The molecule has 2 fully saturated rings. The Kier molecular flexibility index (Phi) is 4.84. The lowest BCUT2D eigenvalue weighted by Crippen LogP contribution is -2.53. The molecule has 25 heavy (non-hydrogen) atoms. The van der Waals surface area contributed by atoms with Crippen molar-refractivity contribution in [1.82, 2.24) is 9.80 Å². The van der Waals surface area contributed by atoms with E-state index in [0.29, 0.717) is 18.5 Å². The first-order chi connectivity index (χ1) is 12.2. The van der Waals surface area contributed by atoms with Crippen molar-refractivity contribution >= 4 is 5.91 Å². The van der Waals surface area contributed by atoms with Crippen LogP contribution in [0, 0.1) is 0 Å². The SMILES string of the molecule is CN(C(=O)Cc1ccc2c(c1)OCO2)C1CCCC[C@H]1N1CCCC1. The Hall–Kier alpha value is -1.75. The minimum atomic E-state index is 0.204. The zero-order valence-corrected chi connectivity index (χ0v) is 15.1. The van der Waals surface area contributed by atoms with Gasteiger partial charge in [-0.25, -0.2) is 0 Å². The number of hydrogen-bond acceptors (Lipinski definition) is 4. The summed E-state index contributed by atoms with van der Waals surface area (Å²) in [6, 6.07) is 6.71. The highest BCUT2D eigenvalue weighted by Gasteiger charge is 2.35. The molecule has 5 heteroatoms. The molecule has 2 heterocycles. The lowest BCUT2D eigenvalue weighted by atomic mass is 9.88. The monoisotopic (exact) mass is 344 g/mol. The molecule has 1 unspecified atom stereocenters. The van der Waals surface area contributed by atoms with Crippen LogP contribution in [0.1, 0.15) is 44.1 Å². The van der Waals surface area contributed by atoms with Crippen LogP contribution in [0.2, 0.25) is 0 Å². The number of ether oxygens (including phenoxy) is 2. The molecule has 2 atom stereocenters. The summed E-state index contributed by atoms with van der Waals surface area (Å²) in [6.45, 7) is 2.67. The predicted molar refractivity (Wildman–Crippen MR) is 95.9 cm³/mol. The first kappa shape index (κ1) is 16.7. The third-order valence-corrected chi connectivity index (χ3v) is 5.99. The average Bonchev–Trinajstić information content (AvgIpc) is 3.32. The molecule has 1 aromatic rings. The van der Waals surface area contributed by atoms with Crippen LogP contribution in [0.5, 0.6) is 11.5 Å². The molecule has 1 aliphatic carbocycles. The Labute approximate surface area is 149 Å². The lowest BCUT2D eigenvalue weighted by molar-refractivity contribution is -0.133. The number of fused-ring (bicyclic) bond motifs is 1. The van der Waals surface area contributed by atoms with Gasteiger partial charge in [-0.2, -0.15) is 0 Å².